The van der Waals surface area contributed by atoms with E-state index < -0.39 is 0 Å². The first kappa shape index (κ1) is 11.6. The second-order valence-corrected chi connectivity index (χ2v) is 4.14. The van der Waals surface area contributed by atoms with Crippen LogP contribution >= 0.6 is 11.6 Å². The van der Waals surface area contributed by atoms with Gasteiger partial charge in [-0.1, -0.05) is 17.7 Å². The van der Waals surface area contributed by atoms with E-state index in [0.717, 1.165) is 5.69 Å². The van der Waals surface area contributed by atoms with E-state index in [-0.39, 0.29) is 5.75 Å². The number of phenolic OH excluding ortho intramolecular Hbond substituents is 1. The summed E-state index contributed by atoms with van der Waals surface area (Å²) in [5, 5.41) is 13.5. The Balaban J connectivity index is 2.10. The molecule has 0 unspecified atom stereocenters. The van der Waals surface area contributed by atoms with E-state index in [2.05, 4.69) is 5.32 Å². The molecule has 4 N–H and O–H groups in total. The van der Waals surface area contributed by atoms with Crippen LogP contribution in [-0.4, -0.2) is 5.11 Å². The lowest BCUT2D eigenvalue weighted by Gasteiger charge is -2.10. The molecule has 17 heavy (non-hydrogen) atoms. The number of rotatable bonds is 3. The van der Waals surface area contributed by atoms with E-state index in [0.29, 0.717) is 22.8 Å². The molecular weight excluding hydrogens is 236 g/mol. The number of phenols is 1. The molecule has 2 aromatic rings. The van der Waals surface area contributed by atoms with Crippen LogP contribution in [0.3, 0.4) is 0 Å². The summed E-state index contributed by atoms with van der Waals surface area (Å²) in [5.41, 5.74) is 7.99. The number of nitrogen functional groups attached to an aromatic ring is 1. The van der Waals surface area contributed by atoms with Gasteiger partial charge in [-0.3, -0.25) is 0 Å². The maximum absolute atomic E-state index is 9.67. The molecule has 0 aliphatic carbocycles. The molecule has 4 heteroatoms. The number of benzene rings is 2. The predicted molar refractivity (Wildman–Crippen MR) is 71.3 cm³/mol. The molecule has 0 aliphatic heterocycles. The highest BCUT2D eigenvalue weighted by Gasteiger charge is 2.04. The fourth-order valence-corrected chi connectivity index (χ4v) is 1.67. The summed E-state index contributed by atoms with van der Waals surface area (Å²) in [6.45, 7) is 0.472. The largest absolute Gasteiger partial charge is 0.508 e. The van der Waals surface area contributed by atoms with Crippen molar-refractivity contribution in [2.45, 2.75) is 6.54 Å². The van der Waals surface area contributed by atoms with Gasteiger partial charge in [0.2, 0.25) is 0 Å². The molecule has 0 aliphatic rings. The number of halogens is 1. The van der Waals surface area contributed by atoms with E-state index in [1.165, 1.54) is 0 Å². The summed E-state index contributed by atoms with van der Waals surface area (Å²) in [6, 6.07) is 12.5. The SMILES string of the molecule is Nc1cccc(O)c1CNc1ccc(Cl)cc1. The first-order valence-electron chi connectivity index (χ1n) is 5.22. The Morgan fingerprint density at radius 2 is 1.82 bits per heavy atom. The van der Waals surface area contributed by atoms with Crippen molar-refractivity contribution in [1.29, 1.82) is 0 Å². The predicted octanol–water partition coefficient (Wildman–Crippen LogP) is 3.24. The molecule has 0 saturated carbocycles. The van der Waals surface area contributed by atoms with E-state index in [4.69, 9.17) is 17.3 Å². The van der Waals surface area contributed by atoms with Crippen LogP contribution in [0.1, 0.15) is 5.56 Å². The second kappa shape index (κ2) is 4.97. The van der Waals surface area contributed by atoms with E-state index >= 15 is 0 Å². The van der Waals surface area contributed by atoms with Gasteiger partial charge in [0.25, 0.3) is 0 Å². The topological polar surface area (TPSA) is 58.3 Å². The van der Waals surface area contributed by atoms with E-state index in [9.17, 15) is 5.11 Å². The van der Waals surface area contributed by atoms with Crippen molar-refractivity contribution in [3.63, 3.8) is 0 Å². The zero-order chi connectivity index (χ0) is 12.3. The first-order valence-corrected chi connectivity index (χ1v) is 5.60. The van der Waals surface area contributed by atoms with Crippen LogP contribution in [0.5, 0.6) is 5.75 Å². The molecule has 3 nitrogen and oxygen atoms in total. The Bertz CT molecular complexity index is 491. The standard InChI is InChI=1S/C13H13ClN2O/c14-9-4-6-10(7-5-9)16-8-11-12(15)2-1-3-13(11)17/h1-7,16-17H,8,15H2. The fourth-order valence-electron chi connectivity index (χ4n) is 1.54. The number of anilines is 2. The lowest BCUT2D eigenvalue weighted by molar-refractivity contribution is 0.469. The average molecular weight is 249 g/mol. The van der Waals surface area contributed by atoms with Crippen molar-refractivity contribution in [2.75, 3.05) is 11.1 Å². The van der Waals surface area contributed by atoms with Crippen LogP contribution < -0.4 is 11.1 Å². The number of nitrogens with one attached hydrogen (secondary N) is 1. The normalized spacial score (nSPS) is 10.2. The number of hydrogen-bond donors (Lipinski definition) is 3. The molecule has 0 atom stereocenters. The molecule has 0 amide bonds. The Hall–Kier alpha value is -1.87. The van der Waals surface area contributed by atoms with Crippen LogP contribution in [0, 0.1) is 0 Å². The van der Waals surface area contributed by atoms with Gasteiger partial charge >= 0.3 is 0 Å². The minimum Gasteiger partial charge on any atom is -0.508 e. The van der Waals surface area contributed by atoms with Gasteiger partial charge in [-0.15, -0.1) is 0 Å². The summed E-state index contributed by atoms with van der Waals surface area (Å²) in [4.78, 5) is 0. The van der Waals surface area contributed by atoms with Gasteiger partial charge < -0.3 is 16.2 Å². The van der Waals surface area contributed by atoms with Crippen LogP contribution in [0.2, 0.25) is 5.02 Å². The summed E-state index contributed by atoms with van der Waals surface area (Å²) in [6.07, 6.45) is 0. The maximum Gasteiger partial charge on any atom is 0.122 e. The van der Waals surface area contributed by atoms with Crippen LogP contribution in [0.25, 0.3) is 0 Å². The molecule has 0 saturated heterocycles. The van der Waals surface area contributed by atoms with Gasteiger partial charge in [0.15, 0.2) is 0 Å². The molecule has 2 rings (SSSR count). The molecule has 2 aromatic carbocycles. The van der Waals surface area contributed by atoms with E-state index in [1.807, 2.05) is 12.1 Å². The molecular formula is C13H13ClN2O. The van der Waals surface area contributed by atoms with Crippen molar-refractivity contribution in [3.8, 4) is 5.75 Å². The number of hydrogen-bond acceptors (Lipinski definition) is 3. The summed E-state index contributed by atoms with van der Waals surface area (Å²) in [7, 11) is 0. The van der Waals surface area contributed by atoms with Crippen molar-refractivity contribution < 1.29 is 5.11 Å². The van der Waals surface area contributed by atoms with Gasteiger partial charge in [0.05, 0.1) is 0 Å². The van der Waals surface area contributed by atoms with Gasteiger partial charge in [0, 0.05) is 28.5 Å². The van der Waals surface area contributed by atoms with Crippen molar-refractivity contribution in [2.24, 2.45) is 0 Å². The van der Waals surface area contributed by atoms with Crippen LogP contribution in [0.4, 0.5) is 11.4 Å². The smallest absolute Gasteiger partial charge is 0.122 e. The molecule has 0 aromatic heterocycles. The second-order valence-electron chi connectivity index (χ2n) is 3.71. The molecule has 0 spiro atoms. The van der Waals surface area contributed by atoms with Gasteiger partial charge in [-0.2, -0.15) is 0 Å². The molecule has 88 valence electrons. The highest BCUT2D eigenvalue weighted by Crippen LogP contribution is 2.24. The zero-order valence-electron chi connectivity index (χ0n) is 9.15. The lowest BCUT2D eigenvalue weighted by atomic mass is 10.1. The van der Waals surface area contributed by atoms with Crippen molar-refractivity contribution in [1.82, 2.24) is 0 Å². The molecule has 0 radical (unpaired) electrons. The Morgan fingerprint density at radius 1 is 1.12 bits per heavy atom. The summed E-state index contributed by atoms with van der Waals surface area (Å²) < 4.78 is 0. The number of nitrogens with two attached hydrogens (primary N) is 1. The third-order valence-corrected chi connectivity index (χ3v) is 2.75. The number of aromatic hydroxyl groups is 1. The van der Waals surface area contributed by atoms with Crippen LogP contribution in [0.15, 0.2) is 42.5 Å². The Labute approximate surface area is 105 Å². The Kier molecular flexibility index (Phi) is 3.40. The molecule has 0 fully saturated rings. The van der Waals surface area contributed by atoms with Gasteiger partial charge in [-0.05, 0) is 36.4 Å². The van der Waals surface area contributed by atoms with Gasteiger partial charge in [0.1, 0.15) is 5.75 Å². The lowest BCUT2D eigenvalue weighted by Crippen LogP contribution is -2.03. The monoisotopic (exact) mass is 248 g/mol. The molecule has 0 heterocycles. The molecule has 0 bridgehead atoms. The summed E-state index contributed by atoms with van der Waals surface area (Å²) in [5.74, 6) is 0.200. The van der Waals surface area contributed by atoms with Crippen molar-refractivity contribution in [3.05, 3.63) is 53.1 Å². The fraction of sp³-hybridized carbons (Fsp3) is 0.0769. The van der Waals surface area contributed by atoms with Crippen molar-refractivity contribution >= 4 is 23.0 Å². The summed E-state index contributed by atoms with van der Waals surface area (Å²) >= 11 is 5.79. The third kappa shape index (κ3) is 2.82. The highest BCUT2D eigenvalue weighted by molar-refractivity contribution is 6.30. The highest BCUT2D eigenvalue weighted by atomic mass is 35.5. The van der Waals surface area contributed by atoms with Gasteiger partial charge in [-0.25, -0.2) is 0 Å². The third-order valence-electron chi connectivity index (χ3n) is 2.50. The maximum atomic E-state index is 9.67. The Morgan fingerprint density at radius 3 is 2.47 bits per heavy atom. The quantitative estimate of drug-likeness (QED) is 0.731. The zero-order valence-corrected chi connectivity index (χ0v) is 9.91. The van der Waals surface area contributed by atoms with E-state index in [1.54, 1.807) is 30.3 Å². The minimum absolute atomic E-state index is 0.200. The first-order chi connectivity index (χ1) is 8.16. The minimum atomic E-state index is 0.200. The average Bonchev–Trinajstić information content (AvgIpc) is 2.31. The van der Waals surface area contributed by atoms with Crippen LogP contribution in [-0.2, 0) is 6.54 Å².